The molecular formula is C19H20B3N5O2. The summed E-state index contributed by atoms with van der Waals surface area (Å²) in [5.41, 5.74) is 8.17. The maximum atomic E-state index is 13.0. The molecule has 2 heterocycles. The van der Waals surface area contributed by atoms with E-state index in [0.717, 1.165) is 5.56 Å². The fraction of sp³-hybridized carbons (Fsp3) is 0.316. The molecule has 0 spiro atoms. The molecule has 3 aromatic rings. The van der Waals surface area contributed by atoms with Crippen LogP contribution in [0.3, 0.4) is 0 Å². The number of carbonyl (C=O) groups excluding carboxylic acids is 1. The minimum Gasteiger partial charge on any atom is -0.398 e. The van der Waals surface area contributed by atoms with E-state index in [9.17, 15) is 4.79 Å². The molecule has 0 saturated heterocycles. The summed E-state index contributed by atoms with van der Waals surface area (Å²) < 4.78 is 7.03. The summed E-state index contributed by atoms with van der Waals surface area (Å²) in [6.45, 7) is 6.20. The van der Waals surface area contributed by atoms with E-state index < -0.39 is 5.30 Å². The van der Waals surface area contributed by atoms with Crippen LogP contribution in [0.4, 0.5) is 11.5 Å². The zero-order chi connectivity index (χ0) is 21.4. The molecule has 0 aliphatic heterocycles. The second kappa shape index (κ2) is 7.59. The summed E-state index contributed by atoms with van der Waals surface area (Å²) in [5.74, 6) is -0.0575. The largest absolute Gasteiger partial charge is 0.398 e. The quantitative estimate of drug-likeness (QED) is 0.654. The molecule has 1 aromatic carbocycles. The van der Waals surface area contributed by atoms with Crippen LogP contribution in [0.15, 0.2) is 36.8 Å². The van der Waals surface area contributed by atoms with Gasteiger partial charge in [0.05, 0.1) is 41.1 Å². The van der Waals surface area contributed by atoms with Crippen LogP contribution in [0.25, 0.3) is 11.0 Å². The number of aromatic nitrogens is 3. The maximum Gasteiger partial charge on any atom is 0.258 e. The molecule has 0 bridgehead atoms. The van der Waals surface area contributed by atoms with Crippen molar-refractivity contribution in [2.45, 2.75) is 38.2 Å². The first-order valence-electron chi connectivity index (χ1n) is 8.98. The number of nitrogen functional groups attached to an aromatic ring is 1. The molecule has 0 aliphatic rings. The van der Waals surface area contributed by atoms with Crippen LogP contribution in [0.2, 0.25) is 0 Å². The molecule has 2 aromatic heterocycles. The summed E-state index contributed by atoms with van der Waals surface area (Å²) in [6.07, 6.45) is 3.14. The number of rotatable bonds is 5. The van der Waals surface area contributed by atoms with Crippen LogP contribution >= 0.6 is 0 Å². The minimum absolute atomic E-state index is 0.144. The first kappa shape index (κ1) is 21.0. The molecule has 142 valence electrons. The Morgan fingerprint density at radius 2 is 1.83 bits per heavy atom. The van der Waals surface area contributed by atoms with Crippen molar-refractivity contribution in [1.29, 1.82) is 0 Å². The number of fused-ring (bicyclic) bond motifs is 1. The molecule has 6 radical (unpaired) electrons. The van der Waals surface area contributed by atoms with Gasteiger partial charge in [-0.15, -0.1) is 0 Å². The third kappa shape index (κ3) is 4.82. The van der Waals surface area contributed by atoms with E-state index in [1.54, 1.807) is 30.5 Å². The molecule has 3 N–H and O–H groups in total. The van der Waals surface area contributed by atoms with Gasteiger partial charge >= 0.3 is 0 Å². The normalized spacial score (nSPS) is 12.2. The molecule has 0 atom stereocenters. The third-order valence-corrected chi connectivity index (χ3v) is 4.28. The Labute approximate surface area is 173 Å². The summed E-state index contributed by atoms with van der Waals surface area (Å²) in [5, 5.41) is 1.69. The lowest BCUT2D eigenvalue weighted by molar-refractivity contribution is 0.102. The van der Waals surface area contributed by atoms with Crippen LogP contribution in [-0.4, -0.2) is 49.3 Å². The van der Waals surface area contributed by atoms with Crippen molar-refractivity contribution in [3.05, 3.63) is 47.9 Å². The van der Waals surface area contributed by atoms with Crippen LogP contribution in [0.1, 0.15) is 36.7 Å². The molecule has 10 heteroatoms. The maximum absolute atomic E-state index is 13.0. The van der Waals surface area contributed by atoms with E-state index in [-0.39, 0.29) is 23.9 Å². The highest BCUT2D eigenvalue weighted by Gasteiger charge is 2.24. The van der Waals surface area contributed by atoms with Gasteiger partial charge in [-0.3, -0.25) is 4.79 Å². The Bertz CT molecular complexity index is 1040. The standard InChI is InChI=1S/C19H20B3N5O2/c1-18(2,3)27-8-13(14-15(23)24-10-25-16(14)27)17(28)26-12-6-4-11(5-7-12)9-29-19(20,21)22/h4-8,10H,9H2,1-3H3,(H,26,28)(H2,23,24,25). The molecule has 0 fully saturated rings. The Morgan fingerprint density at radius 3 is 2.41 bits per heavy atom. The van der Waals surface area contributed by atoms with E-state index in [0.29, 0.717) is 22.3 Å². The number of nitrogens with one attached hydrogen (secondary N) is 1. The molecular weight excluding hydrogens is 363 g/mol. The fourth-order valence-electron chi connectivity index (χ4n) is 2.86. The Kier molecular flexibility index (Phi) is 5.49. The number of hydrogen-bond acceptors (Lipinski definition) is 5. The Hall–Kier alpha value is -2.74. The summed E-state index contributed by atoms with van der Waals surface area (Å²) in [4.78, 5) is 21.3. The predicted octanol–water partition coefficient (Wildman–Crippen LogP) is 1.65. The highest BCUT2D eigenvalue weighted by Crippen LogP contribution is 2.29. The molecule has 0 aliphatic carbocycles. The number of hydrogen-bond donors (Lipinski definition) is 2. The smallest absolute Gasteiger partial charge is 0.258 e. The number of nitrogens with two attached hydrogens (primary N) is 1. The van der Waals surface area contributed by atoms with Crippen molar-refractivity contribution in [2.24, 2.45) is 0 Å². The minimum atomic E-state index is -1.70. The van der Waals surface area contributed by atoms with E-state index >= 15 is 0 Å². The van der Waals surface area contributed by atoms with Crippen molar-refractivity contribution < 1.29 is 9.53 Å². The van der Waals surface area contributed by atoms with Crippen molar-refractivity contribution in [3.8, 4) is 0 Å². The SMILES string of the molecule is [B]C([B])([B])OCc1ccc(NC(=O)c2cn(C(C)(C)C)c3ncnc(N)c23)cc1. The van der Waals surface area contributed by atoms with Gasteiger partial charge in [0.15, 0.2) is 0 Å². The molecule has 0 saturated carbocycles. The van der Waals surface area contributed by atoms with Crippen molar-refractivity contribution in [3.63, 3.8) is 0 Å². The highest BCUT2D eigenvalue weighted by atomic mass is 16.5. The molecule has 3 rings (SSSR count). The topological polar surface area (TPSA) is 95.1 Å². The van der Waals surface area contributed by atoms with Gasteiger partial charge in [0.25, 0.3) is 5.91 Å². The van der Waals surface area contributed by atoms with E-state index in [2.05, 4.69) is 15.3 Å². The molecule has 0 unspecified atom stereocenters. The zero-order valence-electron chi connectivity index (χ0n) is 16.6. The number of nitrogens with zero attached hydrogens (tertiary/aromatic N) is 3. The summed E-state index contributed by atoms with van der Waals surface area (Å²) in [7, 11) is 16.2. The number of anilines is 2. The van der Waals surface area contributed by atoms with Gasteiger partial charge in [0, 0.05) is 17.4 Å². The van der Waals surface area contributed by atoms with E-state index in [4.69, 9.17) is 34.0 Å². The van der Waals surface area contributed by atoms with Crippen LogP contribution < -0.4 is 11.1 Å². The predicted molar refractivity (Wildman–Crippen MR) is 116 cm³/mol. The lowest BCUT2D eigenvalue weighted by Gasteiger charge is -2.21. The van der Waals surface area contributed by atoms with Gasteiger partial charge in [0.1, 0.15) is 17.8 Å². The average Bonchev–Trinajstić information content (AvgIpc) is 3.02. The highest BCUT2D eigenvalue weighted by molar-refractivity contribution is 6.58. The van der Waals surface area contributed by atoms with Gasteiger partial charge in [0.2, 0.25) is 0 Å². The lowest BCUT2D eigenvalue weighted by atomic mass is 9.52. The van der Waals surface area contributed by atoms with Crippen LogP contribution in [0.5, 0.6) is 0 Å². The second-order valence-corrected chi connectivity index (χ2v) is 7.83. The third-order valence-electron chi connectivity index (χ3n) is 4.28. The second-order valence-electron chi connectivity index (χ2n) is 7.83. The van der Waals surface area contributed by atoms with Crippen molar-refractivity contribution in [1.82, 2.24) is 14.5 Å². The average molecular weight is 383 g/mol. The van der Waals surface area contributed by atoms with Crippen LogP contribution in [0, 0.1) is 0 Å². The van der Waals surface area contributed by atoms with E-state index in [1.165, 1.54) is 6.33 Å². The summed E-state index contributed by atoms with van der Waals surface area (Å²) >= 11 is 0. The monoisotopic (exact) mass is 383 g/mol. The number of benzene rings is 1. The van der Waals surface area contributed by atoms with Crippen LogP contribution in [-0.2, 0) is 16.9 Å². The van der Waals surface area contributed by atoms with Gasteiger partial charge in [-0.05, 0) is 43.8 Å². The zero-order valence-corrected chi connectivity index (χ0v) is 16.6. The summed E-state index contributed by atoms with van der Waals surface area (Å²) in [6, 6.07) is 7.03. The van der Waals surface area contributed by atoms with Gasteiger partial charge in [-0.2, -0.15) is 0 Å². The van der Waals surface area contributed by atoms with Crippen molar-refractivity contribution >= 4 is 52.0 Å². The fourth-order valence-corrected chi connectivity index (χ4v) is 2.86. The Morgan fingerprint density at radius 1 is 1.17 bits per heavy atom. The van der Waals surface area contributed by atoms with Gasteiger partial charge < -0.3 is 20.4 Å². The Balaban J connectivity index is 1.85. The molecule has 7 nitrogen and oxygen atoms in total. The number of ether oxygens (including phenoxy) is 1. The molecule has 29 heavy (non-hydrogen) atoms. The first-order chi connectivity index (χ1) is 13.5. The first-order valence-corrected chi connectivity index (χ1v) is 8.98. The number of carbonyl (C=O) groups is 1. The van der Waals surface area contributed by atoms with Crippen molar-refractivity contribution in [2.75, 3.05) is 11.1 Å². The number of amides is 1. The van der Waals surface area contributed by atoms with Gasteiger partial charge in [-0.1, -0.05) is 12.1 Å². The lowest BCUT2D eigenvalue weighted by Crippen LogP contribution is -2.33. The molecule has 1 amide bonds. The van der Waals surface area contributed by atoms with Gasteiger partial charge in [-0.25, -0.2) is 9.97 Å². The van der Waals surface area contributed by atoms with E-state index in [1.807, 2.05) is 25.3 Å².